The summed E-state index contributed by atoms with van der Waals surface area (Å²) in [6.45, 7) is 0.103. The Kier molecular flexibility index (Phi) is 7.39. The van der Waals surface area contributed by atoms with Crippen molar-refractivity contribution >= 4 is 64.4 Å². The topological polar surface area (TPSA) is 83.5 Å². The summed E-state index contributed by atoms with van der Waals surface area (Å²) in [6, 6.07) is 11.0. The molecule has 0 aliphatic heterocycles. The molecule has 30 heavy (non-hydrogen) atoms. The summed E-state index contributed by atoms with van der Waals surface area (Å²) in [7, 11) is 0. The SMILES string of the molecule is O=C(NC=NOCc1ccc(Cl)cc1Cl)c1cc(C(=O)c2ccc(Cl)cc2Cl)c[nH]1. The van der Waals surface area contributed by atoms with E-state index < -0.39 is 5.91 Å². The van der Waals surface area contributed by atoms with Crippen LogP contribution in [0.15, 0.2) is 53.8 Å². The summed E-state index contributed by atoms with van der Waals surface area (Å²) in [5, 5.41) is 7.68. The number of benzene rings is 2. The van der Waals surface area contributed by atoms with Crippen LogP contribution in [0.5, 0.6) is 0 Å². The first-order valence-corrected chi connectivity index (χ1v) is 9.93. The average molecular weight is 485 g/mol. The van der Waals surface area contributed by atoms with Crippen LogP contribution >= 0.6 is 46.4 Å². The largest absolute Gasteiger partial charge is 0.390 e. The third kappa shape index (κ3) is 5.55. The summed E-state index contributed by atoms with van der Waals surface area (Å²) in [5.41, 5.74) is 1.41. The summed E-state index contributed by atoms with van der Waals surface area (Å²) in [5.74, 6) is -0.850. The third-order valence-electron chi connectivity index (χ3n) is 3.92. The Morgan fingerprint density at radius 2 is 1.70 bits per heavy atom. The van der Waals surface area contributed by atoms with Crippen LogP contribution in [0.2, 0.25) is 20.1 Å². The highest BCUT2D eigenvalue weighted by molar-refractivity contribution is 6.37. The fourth-order valence-corrected chi connectivity index (χ4v) is 3.39. The molecule has 0 aliphatic rings. The molecule has 1 amide bonds. The number of nitrogens with one attached hydrogen (secondary N) is 2. The van der Waals surface area contributed by atoms with Crippen molar-refractivity contribution < 1.29 is 14.4 Å². The Morgan fingerprint density at radius 1 is 1.00 bits per heavy atom. The highest BCUT2D eigenvalue weighted by Crippen LogP contribution is 2.24. The van der Waals surface area contributed by atoms with Crippen LogP contribution in [-0.4, -0.2) is 23.0 Å². The lowest BCUT2D eigenvalue weighted by Crippen LogP contribution is -2.21. The number of H-pyrrole nitrogens is 1. The molecule has 0 spiro atoms. The number of hydrogen-bond donors (Lipinski definition) is 2. The molecule has 1 aromatic heterocycles. The van der Waals surface area contributed by atoms with Gasteiger partial charge in [-0.3, -0.25) is 9.59 Å². The summed E-state index contributed by atoms with van der Waals surface area (Å²) in [4.78, 5) is 32.5. The van der Waals surface area contributed by atoms with Gasteiger partial charge < -0.3 is 15.1 Å². The van der Waals surface area contributed by atoms with E-state index in [4.69, 9.17) is 51.2 Å². The molecule has 0 saturated heterocycles. The quantitative estimate of drug-likeness (QED) is 0.194. The molecule has 0 bridgehead atoms. The van der Waals surface area contributed by atoms with E-state index in [1.54, 1.807) is 24.3 Å². The van der Waals surface area contributed by atoms with E-state index in [0.717, 1.165) is 6.34 Å². The van der Waals surface area contributed by atoms with Gasteiger partial charge in [0.1, 0.15) is 18.6 Å². The normalized spacial score (nSPS) is 10.9. The van der Waals surface area contributed by atoms with Gasteiger partial charge in [0, 0.05) is 38.0 Å². The molecule has 0 radical (unpaired) electrons. The number of oxime groups is 1. The minimum atomic E-state index is -0.506. The van der Waals surface area contributed by atoms with Gasteiger partial charge in [-0.1, -0.05) is 57.6 Å². The van der Waals surface area contributed by atoms with Crippen molar-refractivity contribution in [2.75, 3.05) is 0 Å². The van der Waals surface area contributed by atoms with Gasteiger partial charge in [0.05, 0.1) is 5.02 Å². The number of carbonyl (C=O) groups excluding carboxylic acids is 2. The van der Waals surface area contributed by atoms with Gasteiger partial charge in [-0.2, -0.15) is 0 Å². The molecule has 3 rings (SSSR count). The number of amides is 1. The second-order valence-corrected chi connectivity index (χ2v) is 7.66. The molecule has 0 saturated carbocycles. The monoisotopic (exact) mass is 483 g/mol. The molecular formula is C20H13Cl4N3O3. The second kappa shape index (κ2) is 10.00. The van der Waals surface area contributed by atoms with Crippen molar-refractivity contribution in [2.45, 2.75) is 6.61 Å². The Balaban J connectivity index is 1.55. The van der Waals surface area contributed by atoms with Gasteiger partial charge in [-0.05, 0) is 36.4 Å². The number of nitrogens with zero attached hydrogens (tertiary/aromatic N) is 1. The molecule has 0 aliphatic carbocycles. The molecule has 3 aromatic rings. The van der Waals surface area contributed by atoms with Crippen molar-refractivity contribution in [3.63, 3.8) is 0 Å². The fourth-order valence-electron chi connectivity index (χ4n) is 2.43. The standard InChI is InChI=1S/C20H13Cl4N3O3/c21-13-2-1-11(16(23)6-13)9-30-27-10-26-20(29)18-5-12(8-25-18)19(28)15-4-3-14(22)7-17(15)24/h1-8,10,25H,9H2,(H,26,27,29). The van der Waals surface area contributed by atoms with Crippen LogP contribution in [0, 0.1) is 0 Å². The zero-order valence-corrected chi connectivity index (χ0v) is 18.1. The lowest BCUT2D eigenvalue weighted by Gasteiger charge is -2.03. The van der Waals surface area contributed by atoms with Crippen LogP contribution in [-0.2, 0) is 11.4 Å². The van der Waals surface area contributed by atoms with Crippen molar-refractivity contribution in [1.82, 2.24) is 10.3 Å². The molecule has 0 unspecified atom stereocenters. The molecule has 0 atom stereocenters. The molecule has 154 valence electrons. The highest BCUT2D eigenvalue weighted by Gasteiger charge is 2.17. The summed E-state index contributed by atoms with van der Waals surface area (Å²) < 4.78 is 0. The van der Waals surface area contributed by atoms with Crippen molar-refractivity contribution in [1.29, 1.82) is 0 Å². The summed E-state index contributed by atoms with van der Waals surface area (Å²) >= 11 is 23.8. The second-order valence-electron chi connectivity index (χ2n) is 5.97. The molecule has 0 fully saturated rings. The van der Waals surface area contributed by atoms with Crippen LogP contribution in [0.3, 0.4) is 0 Å². The van der Waals surface area contributed by atoms with Crippen molar-refractivity contribution in [3.8, 4) is 0 Å². The van der Waals surface area contributed by atoms with Gasteiger partial charge in [0.15, 0.2) is 5.78 Å². The first-order chi connectivity index (χ1) is 14.3. The van der Waals surface area contributed by atoms with Crippen LogP contribution in [0.25, 0.3) is 0 Å². The van der Waals surface area contributed by atoms with E-state index in [9.17, 15) is 9.59 Å². The predicted molar refractivity (Wildman–Crippen MR) is 118 cm³/mol. The number of aromatic amines is 1. The maximum absolute atomic E-state index is 12.6. The third-order valence-corrected chi connectivity index (χ3v) is 5.06. The minimum Gasteiger partial charge on any atom is -0.390 e. The molecule has 10 heteroatoms. The first-order valence-electron chi connectivity index (χ1n) is 8.42. The molecule has 1 heterocycles. The Hall–Kier alpha value is -2.51. The molecular weight excluding hydrogens is 472 g/mol. The van der Waals surface area contributed by atoms with E-state index in [2.05, 4.69) is 15.5 Å². The van der Waals surface area contributed by atoms with Crippen LogP contribution < -0.4 is 5.32 Å². The fraction of sp³-hybridized carbons (Fsp3) is 0.0500. The number of halogens is 4. The average Bonchev–Trinajstić information content (AvgIpc) is 3.19. The van der Waals surface area contributed by atoms with Crippen molar-refractivity contribution in [3.05, 3.63) is 91.1 Å². The van der Waals surface area contributed by atoms with Gasteiger partial charge >= 0.3 is 0 Å². The number of hydrogen-bond acceptors (Lipinski definition) is 4. The van der Waals surface area contributed by atoms with Gasteiger partial charge in [0.2, 0.25) is 0 Å². The van der Waals surface area contributed by atoms with E-state index in [1.807, 2.05) is 0 Å². The predicted octanol–water partition coefficient (Wildman–Crippen LogP) is 5.75. The Labute approximate surface area is 191 Å². The van der Waals surface area contributed by atoms with Gasteiger partial charge in [-0.25, -0.2) is 0 Å². The first kappa shape index (κ1) is 22.2. The maximum Gasteiger partial charge on any atom is 0.272 e. The maximum atomic E-state index is 12.6. The summed E-state index contributed by atoms with van der Waals surface area (Å²) in [6.07, 6.45) is 2.50. The molecule has 2 N–H and O–H groups in total. The van der Waals surface area contributed by atoms with E-state index >= 15 is 0 Å². The number of carbonyl (C=O) groups is 2. The highest BCUT2D eigenvalue weighted by atomic mass is 35.5. The van der Waals surface area contributed by atoms with Crippen LogP contribution in [0.4, 0.5) is 0 Å². The Bertz CT molecular complexity index is 1130. The smallest absolute Gasteiger partial charge is 0.272 e. The van der Waals surface area contributed by atoms with E-state index in [-0.39, 0.29) is 34.2 Å². The molecule has 2 aromatic carbocycles. The van der Waals surface area contributed by atoms with E-state index in [1.165, 1.54) is 24.4 Å². The zero-order valence-electron chi connectivity index (χ0n) is 15.1. The minimum absolute atomic E-state index is 0.103. The number of aromatic nitrogens is 1. The Morgan fingerprint density at radius 3 is 2.40 bits per heavy atom. The molecule has 6 nitrogen and oxygen atoms in total. The lowest BCUT2D eigenvalue weighted by molar-refractivity contribution is 0.0967. The van der Waals surface area contributed by atoms with Crippen molar-refractivity contribution in [2.24, 2.45) is 5.16 Å². The number of ketones is 1. The zero-order chi connectivity index (χ0) is 21.7. The van der Waals surface area contributed by atoms with Gasteiger partial charge in [0.25, 0.3) is 5.91 Å². The lowest BCUT2D eigenvalue weighted by atomic mass is 10.1. The number of rotatable bonds is 7. The van der Waals surface area contributed by atoms with E-state index in [0.29, 0.717) is 20.6 Å². The van der Waals surface area contributed by atoms with Gasteiger partial charge in [-0.15, -0.1) is 0 Å². The van der Waals surface area contributed by atoms with Crippen LogP contribution in [0.1, 0.15) is 32.0 Å².